The Labute approximate surface area is 123 Å². The fourth-order valence-corrected chi connectivity index (χ4v) is 2.33. The molecule has 1 fully saturated rings. The number of benzene rings is 1. The quantitative estimate of drug-likeness (QED) is 0.786. The highest BCUT2D eigenvalue weighted by Gasteiger charge is 2.23. The normalized spacial score (nSPS) is 16.4. The molecule has 1 aromatic carbocycles. The number of nitrogens with zero attached hydrogens (tertiary/aromatic N) is 2. The molecule has 0 radical (unpaired) electrons. The monoisotopic (exact) mass is 296 g/mol. The third-order valence-corrected chi connectivity index (χ3v) is 3.67. The van der Waals surface area contributed by atoms with Crippen LogP contribution in [0.25, 0.3) is 0 Å². The van der Waals surface area contributed by atoms with Crippen molar-refractivity contribution in [2.45, 2.75) is 0 Å². The third-order valence-electron chi connectivity index (χ3n) is 3.38. The van der Waals surface area contributed by atoms with Gasteiger partial charge < -0.3 is 9.64 Å². The van der Waals surface area contributed by atoms with Crippen LogP contribution in [0.3, 0.4) is 0 Å². The van der Waals surface area contributed by atoms with Crippen molar-refractivity contribution >= 4 is 23.3 Å². The molecule has 1 amide bonds. The number of Topliss-reactive ketones (excluding diaryl/α,β-unsaturated/α-hetero) is 1. The van der Waals surface area contributed by atoms with Crippen molar-refractivity contribution < 1.29 is 14.3 Å². The topological polar surface area (TPSA) is 49.9 Å². The summed E-state index contributed by atoms with van der Waals surface area (Å²) in [4.78, 5) is 27.3. The maximum atomic E-state index is 12.2. The first-order valence-electron chi connectivity index (χ1n) is 6.34. The highest BCUT2D eigenvalue weighted by molar-refractivity contribution is 6.32. The van der Waals surface area contributed by atoms with Crippen molar-refractivity contribution in [3.8, 4) is 5.75 Å². The molecule has 0 atom stereocenters. The molecule has 1 heterocycles. The summed E-state index contributed by atoms with van der Waals surface area (Å²) in [6, 6.07) is 4.95. The van der Waals surface area contributed by atoms with Crippen molar-refractivity contribution in [1.82, 2.24) is 9.80 Å². The van der Waals surface area contributed by atoms with Gasteiger partial charge in [-0.05, 0) is 18.2 Å². The SMILES string of the molecule is COc1ccc(C(=O)CN2CCN(C)C(=O)C2)cc1Cl. The molecule has 6 heteroatoms. The fourth-order valence-electron chi connectivity index (χ4n) is 2.08. The Hall–Kier alpha value is -1.59. The van der Waals surface area contributed by atoms with Gasteiger partial charge in [-0.15, -0.1) is 0 Å². The first kappa shape index (κ1) is 14.8. The Morgan fingerprint density at radius 1 is 1.40 bits per heavy atom. The fraction of sp³-hybridized carbons (Fsp3) is 0.429. The van der Waals surface area contributed by atoms with Crippen molar-refractivity contribution in [1.29, 1.82) is 0 Å². The van der Waals surface area contributed by atoms with Crippen LogP contribution in [0.1, 0.15) is 10.4 Å². The first-order chi connectivity index (χ1) is 9.51. The Balaban J connectivity index is 2.01. The summed E-state index contributed by atoms with van der Waals surface area (Å²) >= 11 is 6.01. The average Bonchev–Trinajstić information content (AvgIpc) is 2.42. The van der Waals surface area contributed by atoms with Gasteiger partial charge in [-0.2, -0.15) is 0 Å². The maximum Gasteiger partial charge on any atom is 0.236 e. The van der Waals surface area contributed by atoms with E-state index >= 15 is 0 Å². The minimum absolute atomic E-state index is 0.0387. The molecule has 1 saturated heterocycles. The molecule has 0 bridgehead atoms. The van der Waals surface area contributed by atoms with Gasteiger partial charge in [-0.25, -0.2) is 0 Å². The minimum Gasteiger partial charge on any atom is -0.495 e. The van der Waals surface area contributed by atoms with E-state index in [-0.39, 0.29) is 24.8 Å². The number of rotatable bonds is 4. The number of carbonyl (C=O) groups is 2. The number of ketones is 1. The Bertz CT molecular complexity index is 533. The number of hydrogen-bond donors (Lipinski definition) is 0. The zero-order chi connectivity index (χ0) is 14.7. The number of likely N-dealkylation sites (N-methyl/N-ethyl adjacent to an activating group) is 1. The zero-order valence-electron chi connectivity index (χ0n) is 11.6. The Kier molecular flexibility index (Phi) is 4.62. The van der Waals surface area contributed by atoms with E-state index in [1.54, 1.807) is 30.1 Å². The van der Waals surface area contributed by atoms with Crippen LogP contribution in [-0.2, 0) is 4.79 Å². The summed E-state index contributed by atoms with van der Waals surface area (Å²) in [6.45, 7) is 1.86. The van der Waals surface area contributed by atoms with Crippen LogP contribution < -0.4 is 4.74 Å². The van der Waals surface area contributed by atoms with Crippen LogP contribution in [0.15, 0.2) is 18.2 Å². The van der Waals surface area contributed by atoms with Crippen LogP contribution in [0.2, 0.25) is 5.02 Å². The highest BCUT2D eigenvalue weighted by atomic mass is 35.5. The molecule has 108 valence electrons. The molecule has 2 rings (SSSR count). The van der Waals surface area contributed by atoms with E-state index < -0.39 is 0 Å². The lowest BCUT2D eigenvalue weighted by atomic mass is 10.1. The van der Waals surface area contributed by atoms with Crippen LogP contribution in [0.4, 0.5) is 0 Å². The molecule has 0 saturated carbocycles. The third kappa shape index (κ3) is 3.29. The second kappa shape index (κ2) is 6.24. The van der Waals surface area contributed by atoms with E-state index in [9.17, 15) is 9.59 Å². The van der Waals surface area contributed by atoms with Crippen molar-refractivity contribution in [3.63, 3.8) is 0 Å². The number of carbonyl (C=O) groups excluding carboxylic acids is 2. The summed E-state index contributed by atoms with van der Waals surface area (Å²) in [5.41, 5.74) is 0.530. The predicted molar refractivity (Wildman–Crippen MR) is 76.4 cm³/mol. The summed E-state index contributed by atoms with van der Waals surface area (Å²) in [7, 11) is 3.29. The lowest BCUT2D eigenvalue weighted by molar-refractivity contribution is -0.134. The molecular weight excluding hydrogens is 280 g/mol. The summed E-state index contributed by atoms with van der Waals surface area (Å²) in [6.07, 6.45) is 0. The molecule has 1 aromatic rings. The van der Waals surface area contributed by atoms with Crippen LogP contribution in [0.5, 0.6) is 5.75 Å². The number of amides is 1. The van der Waals surface area contributed by atoms with Crippen molar-refractivity contribution in [2.75, 3.05) is 40.3 Å². The van der Waals surface area contributed by atoms with E-state index in [2.05, 4.69) is 0 Å². The Morgan fingerprint density at radius 2 is 2.15 bits per heavy atom. The van der Waals surface area contributed by atoms with E-state index in [4.69, 9.17) is 16.3 Å². The number of halogens is 1. The van der Waals surface area contributed by atoms with E-state index in [1.807, 2.05) is 4.90 Å². The van der Waals surface area contributed by atoms with Gasteiger partial charge in [0.1, 0.15) is 5.75 Å². The van der Waals surface area contributed by atoms with E-state index in [1.165, 1.54) is 7.11 Å². The second-order valence-corrected chi connectivity index (χ2v) is 5.21. The van der Waals surface area contributed by atoms with Crippen LogP contribution >= 0.6 is 11.6 Å². The molecule has 0 spiro atoms. The smallest absolute Gasteiger partial charge is 0.236 e. The molecule has 1 aliphatic rings. The van der Waals surface area contributed by atoms with Gasteiger partial charge >= 0.3 is 0 Å². The number of methoxy groups -OCH3 is 1. The molecule has 0 aromatic heterocycles. The molecule has 0 aliphatic carbocycles. The largest absolute Gasteiger partial charge is 0.495 e. The highest BCUT2D eigenvalue weighted by Crippen LogP contribution is 2.25. The number of hydrogen-bond acceptors (Lipinski definition) is 4. The molecule has 20 heavy (non-hydrogen) atoms. The van der Waals surface area contributed by atoms with Gasteiger partial charge in [-0.3, -0.25) is 14.5 Å². The standard InChI is InChI=1S/C14H17ClN2O3/c1-16-5-6-17(9-14(16)19)8-12(18)10-3-4-13(20-2)11(15)7-10/h3-4,7H,5-6,8-9H2,1-2H3. The van der Waals surface area contributed by atoms with Gasteiger partial charge in [0.2, 0.25) is 5.91 Å². The molecule has 1 aliphatic heterocycles. The van der Waals surface area contributed by atoms with Gasteiger partial charge in [0.05, 0.1) is 25.2 Å². The lowest BCUT2D eigenvalue weighted by Gasteiger charge is -2.31. The van der Waals surface area contributed by atoms with Gasteiger partial charge in [0, 0.05) is 25.7 Å². The van der Waals surface area contributed by atoms with E-state index in [0.29, 0.717) is 29.4 Å². The minimum atomic E-state index is -0.0492. The lowest BCUT2D eigenvalue weighted by Crippen LogP contribution is -2.49. The second-order valence-electron chi connectivity index (χ2n) is 4.80. The molecule has 5 nitrogen and oxygen atoms in total. The van der Waals surface area contributed by atoms with Gasteiger partial charge in [0.25, 0.3) is 0 Å². The number of ether oxygens (including phenoxy) is 1. The van der Waals surface area contributed by atoms with Crippen molar-refractivity contribution in [3.05, 3.63) is 28.8 Å². The van der Waals surface area contributed by atoms with E-state index in [0.717, 1.165) is 0 Å². The summed E-state index contributed by atoms with van der Waals surface area (Å²) in [5.74, 6) is 0.529. The van der Waals surface area contributed by atoms with Crippen LogP contribution in [0, 0.1) is 0 Å². The average molecular weight is 297 g/mol. The van der Waals surface area contributed by atoms with Crippen LogP contribution in [-0.4, -0.2) is 61.8 Å². The Morgan fingerprint density at radius 3 is 2.75 bits per heavy atom. The first-order valence-corrected chi connectivity index (χ1v) is 6.72. The zero-order valence-corrected chi connectivity index (χ0v) is 12.3. The van der Waals surface area contributed by atoms with Gasteiger partial charge in [-0.1, -0.05) is 11.6 Å². The summed E-state index contributed by atoms with van der Waals surface area (Å²) in [5, 5.41) is 0.410. The summed E-state index contributed by atoms with van der Waals surface area (Å²) < 4.78 is 5.05. The molecular formula is C14H17ClN2O3. The maximum absolute atomic E-state index is 12.2. The molecule has 0 unspecified atom stereocenters. The van der Waals surface area contributed by atoms with Crippen molar-refractivity contribution in [2.24, 2.45) is 0 Å². The van der Waals surface area contributed by atoms with Gasteiger partial charge in [0.15, 0.2) is 5.78 Å². The number of piperazine rings is 1. The molecule has 0 N–H and O–H groups in total. The predicted octanol–water partition coefficient (Wildman–Crippen LogP) is 1.31.